The molecule has 0 amide bonds. The van der Waals surface area contributed by atoms with E-state index in [0.29, 0.717) is 5.25 Å². The fraction of sp³-hybridized carbons (Fsp3) is 0.333. The third-order valence-electron chi connectivity index (χ3n) is 2.46. The van der Waals surface area contributed by atoms with Crippen LogP contribution in [0.4, 0.5) is 0 Å². The highest BCUT2D eigenvalue weighted by molar-refractivity contribution is 8.09. The monoisotopic (exact) mass is 237 g/mol. The minimum atomic E-state index is 0.259. The van der Waals surface area contributed by atoms with Gasteiger partial charge in [-0.05, 0) is 22.8 Å². The zero-order chi connectivity index (χ0) is 10.5. The van der Waals surface area contributed by atoms with E-state index >= 15 is 0 Å². The molecule has 0 aromatic heterocycles. The maximum atomic E-state index is 6.21. The lowest BCUT2D eigenvalue weighted by Crippen LogP contribution is -2.36. The molecule has 1 heterocycles. The van der Waals surface area contributed by atoms with Crippen LogP contribution in [0.15, 0.2) is 41.1 Å². The van der Waals surface area contributed by atoms with Crippen LogP contribution in [0, 0.1) is 0 Å². The van der Waals surface area contributed by atoms with Crippen molar-refractivity contribution in [1.29, 1.82) is 0 Å². The van der Waals surface area contributed by atoms with Crippen LogP contribution in [0.3, 0.4) is 0 Å². The van der Waals surface area contributed by atoms with E-state index in [4.69, 9.17) is 5.73 Å². The minimum absolute atomic E-state index is 0.259. The highest BCUT2D eigenvalue weighted by atomic mass is 32.2. The van der Waals surface area contributed by atoms with Crippen LogP contribution in [-0.2, 0) is 6.42 Å². The lowest BCUT2D eigenvalue weighted by atomic mass is 10.0. The zero-order valence-corrected chi connectivity index (χ0v) is 10.1. The molecule has 2 rings (SSSR count). The van der Waals surface area contributed by atoms with Gasteiger partial charge in [0.05, 0.1) is 0 Å². The van der Waals surface area contributed by atoms with Crippen LogP contribution in [0.1, 0.15) is 5.56 Å². The Morgan fingerprint density at radius 3 is 2.73 bits per heavy atom. The van der Waals surface area contributed by atoms with Crippen molar-refractivity contribution >= 4 is 23.5 Å². The molecular weight excluding hydrogens is 222 g/mol. The predicted molar refractivity (Wildman–Crippen MR) is 71.1 cm³/mol. The second kappa shape index (κ2) is 5.64. The lowest BCUT2D eigenvalue weighted by Gasteiger charge is -2.23. The van der Waals surface area contributed by atoms with Crippen molar-refractivity contribution in [3.8, 4) is 0 Å². The second-order valence-corrected chi connectivity index (χ2v) is 5.72. The van der Waals surface area contributed by atoms with Crippen LogP contribution in [0.25, 0.3) is 0 Å². The van der Waals surface area contributed by atoms with Gasteiger partial charge in [0.15, 0.2) is 0 Å². The van der Waals surface area contributed by atoms with Crippen molar-refractivity contribution in [3.63, 3.8) is 0 Å². The molecule has 1 aliphatic heterocycles. The summed E-state index contributed by atoms with van der Waals surface area (Å²) in [5.41, 5.74) is 7.55. The Kier molecular flexibility index (Phi) is 4.18. The third-order valence-corrected chi connectivity index (χ3v) is 4.88. The molecule has 1 aromatic carbocycles. The quantitative estimate of drug-likeness (QED) is 0.875. The molecule has 0 radical (unpaired) electrons. The van der Waals surface area contributed by atoms with Gasteiger partial charge in [0.25, 0.3) is 0 Å². The molecule has 2 N–H and O–H groups in total. The van der Waals surface area contributed by atoms with E-state index in [1.54, 1.807) is 0 Å². The minimum Gasteiger partial charge on any atom is -0.326 e. The summed E-state index contributed by atoms with van der Waals surface area (Å²) in [6.07, 6.45) is 0.979. The van der Waals surface area contributed by atoms with Crippen LogP contribution < -0.4 is 5.73 Å². The molecule has 0 fully saturated rings. The van der Waals surface area contributed by atoms with Gasteiger partial charge >= 0.3 is 0 Å². The molecule has 3 heteroatoms. The van der Waals surface area contributed by atoms with Crippen molar-refractivity contribution in [2.75, 3.05) is 5.75 Å². The first-order valence-corrected chi connectivity index (χ1v) is 7.07. The van der Waals surface area contributed by atoms with Crippen molar-refractivity contribution in [2.45, 2.75) is 17.7 Å². The van der Waals surface area contributed by atoms with Crippen molar-refractivity contribution in [1.82, 2.24) is 0 Å². The summed E-state index contributed by atoms with van der Waals surface area (Å²) in [4.78, 5) is 0. The number of hydrogen-bond acceptors (Lipinski definition) is 3. The Morgan fingerprint density at radius 2 is 2.07 bits per heavy atom. The lowest BCUT2D eigenvalue weighted by molar-refractivity contribution is 0.666. The molecule has 0 spiro atoms. The Bertz CT molecular complexity index is 324. The molecule has 0 saturated carbocycles. The van der Waals surface area contributed by atoms with Crippen LogP contribution in [-0.4, -0.2) is 17.0 Å². The van der Waals surface area contributed by atoms with Gasteiger partial charge < -0.3 is 5.73 Å². The summed E-state index contributed by atoms with van der Waals surface area (Å²) in [6.45, 7) is 0. The molecule has 1 aliphatic rings. The molecule has 1 aromatic rings. The molecule has 1 nitrogen and oxygen atoms in total. The van der Waals surface area contributed by atoms with Gasteiger partial charge in [-0.15, -0.1) is 23.5 Å². The smallest absolute Gasteiger partial charge is 0.0337 e. The van der Waals surface area contributed by atoms with Crippen molar-refractivity contribution in [2.24, 2.45) is 5.73 Å². The maximum Gasteiger partial charge on any atom is 0.0337 e. The number of nitrogens with two attached hydrogens (primary N) is 1. The highest BCUT2D eigenvalue weighted by Gasteiger charge is 2.19. The highest BCUT2D eigenvalue weighted by Crippen LogP contribution is 2.27. The fourth-order valence-corrected chi connectivity index (χ4v) is 3.77. The molecule has 0 bridgehead atoms. The van der Waals surface area contributed by atoms with Crippen LogP contribution in [0.5, 0.6) is 0 Å². The summed E-state index contributed by atoms with van der Waals surface area (Å²) in [5.74, 6) is 1.13. The van der Waals surface area contributed by atoms with E-state index in [1.807, 2.05) is 29.6 Å². The molecule has 0 saturated heterocycles. The predicted octanol–water partition coefficient (Wildman–Crippen LogP) is 2.88. The molecule has 15 heavy (non-hydrogen) atoms. The summed E-state index contributed by atoms with van der Waals surface area (Å²) in [5, 5.41) is 4.86. The van der Waals surface area contributed by atoms with E-state index in [0.717, 1.165) is 12.2 Å². The van der Waals surface area contributed by atoms with Gasteiger partial charge in [-0.1, -0.05) is 30.3 Å². The number of benzene rings is 1. The summed E-state index contributed by atoms with van der Waals surface area (Å²) >= 11 is 3.72. The summed E-state index contributed by atoms with van der Waals surface area (Å²) in [6, 6.07) is 10.8. The van der Waals surface area contributed by atoms with E-state index in [9.17, 15) is 0 Å². The second-order valence-electron chi connectivity index (χ2n) is 3.63. The van der Waals surface area contributed by atoms with Crippen LogP contribution in [0.2, 0.25) is 0 Å². The first-order valence-electron chi connectivity index (χ1n) is 5.08. The topological polar surface area (TPSA) is 26.0 Å². The first kappa shape index (κ1) is 11.1. The largest absolute Gasteiger partial charge is 0.326 e. The SMILES string of the molecule is NC(Cc1ccccc1)C1CSC=CS1. The first-order chi connectivity index (χ1) is 7.36. The Morgan fingerprint density at radius 1 is 1.27 bits per heavy atom. The summed E-state index contributed by atoms with van der Waals surface area (Å²) < 4.78 is 0. The van der Waals surface area contributed by atoms with Gasteiger partial charge in [-0.2, -0.15) is 0 Å². The fourth-order valence-electron chi connectivity index (χ4n) is 1.60. The van der Waals surface area contributed by atoms with Crippen molar-refractivity contribution in [3.05, 3.63) is 46.7 Å². The molecule has 2 atom stereocenters. The summed E-state index contributed by atoms with van der Waals surface area (Å²) in [7, 11) is 0. The van der Waals surface area contributed by atoms with E-state index < -0.39 is 0 Å². The van der Waals surface area contributed by atoms with Gasteiger partial charge in [0.2, 0.25) is 0 Å². The molecule has 80 valence electrons. The maximum absolute atomic E-state index is 6.21. The van der Waals surface area contributed by atoms with Gasteiger partial charge in [0, 0.05) is 17.0 Å². The zero-order valence-electron chi connectivity index (χ0n) is 8.50. The van der Waals surface area contributed by atoms with Gasteiger partial charge in [-0.25, -0.2) is 0 Å². The Labute approximate surface area is 99.5 Å². The van der Waals surface area contributed by atoms with E-state index in [2.05, 4.69) is 35.1 Å². The molecule has 2 unspecified atom stereocenters. The number of rotatable bonds is 3. The average molecular weight is 237 g/mol. The third kappa shape index (κ3) is 3.30. The molecular formula is C12H15NS2. The normalized spacial score (nSPS) is 22.6. The van der Waals surface area contributed by atoms with Crippen LogP contribution >= 0.6 is 23.5 Å². The Balaban J connectivity index is 1.91. The van der Waals surface area contributed by atoms with Gasteiger partial charge in [-0.3, -0.25) is 0 Å². The number of thioether (sulfide) groups is 2. The van der Waals surface area contributed by atoms with Gasteiger partial charge in [0.1, 0.15) is 0 Å². The van der Waals surface area contributed by atoms with E-state index in [1.165, 1.54) is 5.56 Å². The Hall–Kier alpha value is -0.380. The molecule has 0 aliphatic carbocycles. The van der Waals surface area contributed by atoms with Crippen molar-refractivity contribution < 1.29 is 0 Å². The number of hydrogen-bond donors (Lipinski definition) is 1. The van der Waals surface area contributed by atoms with E-state index in [-0.39, 0.29) is 6.04 Å². The average Bonchev–Trinajstić information content (AvgIpc) is 2.31. The standard InChI is InChI=1S/C12H15NS2/c13-11(12-9-14-6-7-15-12)8-10-4-2-1-3-5-10/h1-7,11-12H,8-9,13H2.